The van der Waals surface area contributed by atoms with Crippen molar-refractivity contribution in [2.45, 2.75) is 6.04 Å². The highest BCUT2D eigenvalue weighted by molar-refractivity contribution is 7.80. The van der Waals surface area contributed by atoms with Crippen LogP contribution in [0, 0.1) is 0 Å². The van der Waals surface area contributed by atoms with Crippen LogP contribution >= 0.6 is 12.6 Å². The van der Waals surface area contributed by atoms with E-state index in [1.54, 1.807) is 0 Å². The van der Waals surface area contributed by atoms with Crippen molar-refractivity contribution in [2.75, 3.05) is 18.9 Å². The van der Waals surface area contributed by atoms with Gasteiger partial charge in [-0.15, -0.1) is 0 Å². The molecule has 0 saturated heterocycles. The first-order valence-corrected chi connectivity index (χ1v) is 3.53. The van der Waals surface area contributed by atoms with Gasteiger partial charge in [-0.05, 0) is 0 Å². The number of carboxylic acid groups (broad SMARTS) is 1. The average Bonchev–Trinajstić information content (AvgIpc) is 1.89. The zero-order chi connectivity index (χ0) is 7.98. The highest BCUT2D eigenvalue weighted by Gasteiger charge is 2.13. The molecule has 0 aliphatic heterocycles. The standard InChI is InChI=1S/C5H11NO3S/c7-3-4(5(8)9)6-1-2-10/h4,6-7,10H,1-3H2,(H,8,9)/t4-/m0/s1. The van der Waals surface area contributed by atoms with Gasteiger partial charge in [-0.25, -0.2) is 0 Å². The van der Waals surface area contributed by atoms with Crippen LogP contribution in [0.15, 0.2) is 0 Å². The number of aliphatic hydroxyl groups excluding tert-OH is 1. The predicted molar refractivity (Wildman–Crippen MR) is 40.4 cm³/mol. The van der Waals surface area contributed by atoms with Gasteiger partial charge in [-0.2, -0.15) is 12.6 Å². The number of carboxylic acids is 1. The molecule has 0 aromatic rings. The maximum absolute atomic E-state index is 10.2. The summed E-state index contributed by atoms with van der Waals surface area (Å²) in [6.07, 6.45) is 0. The molecule has 0 aliphatic carbocycles. The van der Waals surface area contributed by atoms with Crippen LogP contribution in [0.1, 0.15) is 0 Å². The molecule has 0 bridgehead atoms. The summed E-state index contributed by atoms with van der Waals surface area (Å²) in [5, 5.41) is 19.4. The highest BCUT2D eigenvalue weighted by atomic mass is 32.1. The van der Waals surface area contributed by atoms with Crippen LogP contribution in [-0.2, 0) is 4.79 Å². The van der Waals surface area contributed by atoms with Gasteiger partial charge in [0.2, 0.25) is 0 Å². The van der Waals surface area contributed by atoms with Crippen LogP contribution in [0.25, 0.3) is 0 Å². The molecule has 0 rings (SSSR count). The van der Waals surface area contributed by atoms with Crippen LogP contribution < -0.4 is 5.32 Å². The molecule has 1 atom stereocenters. The number of aliphatic hydroxyl groups is 1. The van der Waals surface area contributed by atoms with Crippen LogP contribution in [0.2, 0.25) is 0 Å². The Kier molecular flexibility index (Phi) is 5.38. The van der Waals surface area contributed by atoms with E-state index in [4.69, 9.17) is 10.2 Å². The molecule has 0 heterocycles. The molecule has 3 N–H and O–H groups in total. The monoisotopic (exact) mass is 165 g/mol. The molecule has 4 nitrogen and oxygen atoms in total. The molecule has 0 unspecified atom stereocenters. The van der Waals surface area contributed by atoms with Crippen molar-refractivity contribution in [3.05, 3.63) is 0 Å². The third-order valence-corrected chi connectivity index (χ3v) is 1.21. The van der Waals surface area contributed by atoms with Crippen molar-refractivity contribution in [2.24, 2.45) is 0 Å². The lowest BCUT2D eigenvalue weighted by atomic mass is 10.3. The third-order valence-electron chi connectivity index (χ3n) is 0.983. The third kappa shape index (κ3) is 3.71. The second kappa shape index (κ2) is 5.52. The van der Waals surface area contributed by atoms with Gasteiger partial charge >= 0.3 is 5.97 Å². The van der Waals surface area contributed by atoms with Crippen LogP contribution in [0.5, 0.6) is 0 Å². The van der Waals surface area contributed by atoms with Gasteiger partial charge in [-0.3, -0.25) is 4.79 Å². The number of rotatable bonds is 5. The summed E-state index contributed by atoms with van der Waals surface area (Å²) in [7, 11) is 0. The summed E-state index contributed by atoms with van der Waals surface area (Å²) in [4.78, 5) is 10.2. The van der Waals surface area contributed by atoms with Crippen molar-refractivity contribution in [1.82, 2.24) is 5.32 Å². The largest absolute Gasteiger partial charge is 0.480 e. The second-order valence-electron chi connectivity index (χ2n) is 1.75. The van der Waals surface area contributed by atoms with Crippen LogP contribution in [0.4, 0.5) is 0 Å². The van der Waals surface area contributed by atoms with E-state index in [0.717, 1.165) is 0 Å². The highest BCUT2D eigenvalue weighted by Crippen LogP contribution is 1.81. The van der Waals surface area contributed by atoms with Crippen molar-refractivity contribution in [3.8, 4) is 0 Å². The molecular formula is C5H11NO3S. The zero-order valence-electron chi connectivity index (χ0n) is 5.45. The first-order valence-electron chi connectivity index (χ1n) is 2.90. The maximum Gasteiger partial charge on any atom is 0.323 e. The Morgan fingerprint density at radius 3 is 2.60 bits per heavy atom. The fraction of sp³-hybridized carbons (Fsp3) is 0.800. The molecular weight excluding hydrogens is 154 g/mol. The summed E-state index contributed by atoms with van der Waals surface area (Å²) >= 11 is 3.87. The molecule has 0 amide bonds. The summed E-state index contributed by atoms with van der Waals surface area (Å²) in [5.74, 6) is -0.478. The van der Waals surface area contributed by atoms with E-state index in [2.05, 4.69) is 17.9 Å². The first-order chi connectivity index (χ1) is 4.72. The lowest BCUT2D eigenvalue weighted by molar-refractivity contribution is -0.140. The first kappa shape index (κ1) is 9.74. The molecule has 0 fully saturated rings. The molecule has 10 heavy (non-hydrogen) atoms. The summed E-state index contributed by atoms with van der Waals surface area (Å²) in [5.41, 5.74) is 0. The van der Waals surface area contributed by atoms with Gasteiger partial charge in [0.1, 0.15) is 6.04 Å². The fourth-order valence-corrected chi connectivity index (χ4v) is 0.598. The molecule has 5 heteroatoms. The smallest absolute Gasteiger partial charge is 0.323 e. The SMILES string of the molecule is O=C(O)[C@H](CO)NCCS. The lowest BCUT2D eigenvalue weighted by Crippen LogP contribution is -2.40. The molecule has 60 valence electrons. The van der Waals surface area contributed by atoms with Gasteiger partial charge in [0.25, 0.3) is 0 Å². The number of hydrogen-bond donors (Lipinski definition) is 4. The normalized spacial score (nSPS) is 13.0. The Hall–Kier alpha value is -0.260. The van der Waals surface area contributed by atoms with Crippen LogP contribution in [0.3, 0.4) is 0 Å². The Bertz CT molecular complexity index is 109. The summed E-state index contributed by atoms with van der Waals surface area (Å²) in [6.45, 7) is 0.101. The Morgan fingerprint density at radius 2 is 2.30 bits per heavy atom. The van der Waals surface area contributed by atoms with E-state index in [9.17, 15) is 4.79 Å². The van der Waals surface area contributed by atoms with Crippen molar-refractivity contribution in [1.29, 1.82) is 0 Å². The van der Waals surface area contributed by atoms with E-state index < -0.39 is 12.0 Å². The second-order valence-corrected chi connectivity index (χ2v) is 2.20. The number of hydrogen-bond acceptors (Lipinski definition) is 4. The topological polar surface area (TPSA) is 69.6 Å². The average molecular weight is 165 g/mol. The number of thiol groups is 1. The molecule has 0 aromatic heterocycles. The predicted octanol–water partition coefficient (Wildman–Crippen LogP) is -1.05. The van der Waals surface area contributed by atoms with Gasteiger partial charge in [0.05, 0.1) is 6.61 Å². The van der Waals surface area contributed by atoms with Crippen molar-refractivity contribution in [3.63, 3.8) is 0 Å². The zero-order valence-corrected chi connectivity index (χ0v) is 6.34. The Labute approximate surface area is 64.7 Å². The minimum absolute atomic E-state index is 0.386. The van der Waals surface area contributed by atoms with E-state index in [1.807, 2.05) is 0 Å². The van der Waals surface area contributed by atoms with Crippen molar-refractivity contribution >= 4 is 18.6 Å². The quantitative estimate of drug-likeness (QED) is 0.392. The van der Waals surface area contributed by atoms with Gasteiger partial charge in [0, 0.05) is 12.3 Å². The van der Waals surface area contributed by atoms with Gasteiger partial charge in [-0.1, -0.05) is 0 Å². The Morgan fingerprint density at radius 1 is 1.70 bits per heavy atom. The molecule has 0 radical (unpaired) electrons. The summed E-state index contributed by atoms with van der Waals surface area (Å²) < 4.78 is 0. The maximum atomic E-state index is 10.2. The lowest BCUT2D eigenvalue weighted by Gasteiger charge is -2.08. The summed E-state index contributed by atoms with van der Waals surface area (Å²) in [6, 6.07) is -0.854. The van der Waals surface area contributed by atoms with Gasteiger partial charge < -0.3 is 15.5 Å². The van der Waals surface area contributed by atoms with E-state index in [-0.39, 0.29) is 6.61 Å². The van der Waals surface area contributed by atoms with Crippen molar-refractivity contribution < 1.29 is 15.0 Å². The molecule has 0 saturated carbocycles. The minimum Gasteiger partial charge on any atom is -0.480 e. The Balaban J connectivity index is 3.50. The molecule has 0 spiro atoms. The fourth-order valence-electron chi connectivity index (χ4n) is 0.469. The number of carbonyl (C=O) groups is 1. The van der Waals surface area contributed by atoms with E-state index >= 15 is 0 Å². The van der Waals surface area contributed by atoms with Crippen LogP contribution in [-0.4, -0.2) is 41.1 Å². The van der Waals surface area contributed by atoms with E-state index in [1.165, 1.54) is 0 Å². The molecule has 0 aromatic carbocycles. The number of aliphatic carboxylic acids is 1. The van der Waals surface area contributed by atoms with Gasteiger partial charge in [0.15, 0.2) is 0 Å². The molecule has 0 aliphatic rings. The number of nitrogens with one attached hydrogen (secondary N) is 1. The van der Waals surface area contributed by atoms with E-state index in [0.29, 0.717) is 12.3 Å². The minimum atomic E-state index is -1.04.